The van der Waals surface area contributed by atoms with Crippen molar-refractivity contribution in [3.8, 4) is 0 Å². The molecule has 0 atom stereocenters. The number of halogens is 3. The van der Waals surface area contributed by atoms with Crippen LogP contribution in [0, 0.1) is 0 Å². The Kier molecular flexibility index (Phi) is 7.10. The van der Waals surface area contributed by atoms with Crippen LogP contribution in [0.25, 0.3) is 22.9 Å². The first-order chi connectivity index (χ1) is 17.5. The van der Waals surface area contributed by atoms with Crippen LogP contribution in [-0.2, 0) is 11.3 Å². The number of hydrogen-bond acceptors (Lipinski definition) is 3. The molecule has 5 rings (SSSR count). The lowest BCUT2D eigenvalue weighted by molar-refractivity contribution is 0.0694. The zero-order chi connectivity index (χ0) is 25.1. The van der Waals surface area contributed by atoms with Crippen LogP contribution in [0.5, 0.6) is 0 Å². The van der Waals surface area contributed by atoms with Crippen molar-refractivity contribution in [3.63, 3.8) is 0 Å². The van der Waals surface area contributed by atoms with E-state index in [2.05, 4.69) is 4.57 Å². The van der Waals surface area contributed by atoms with E-state index in [-0.39, 0.29) is 11.3 Å². The third-order valence-corrected chi connectivity index (χ3v) is 6.55. The van der Waals surface area contributed by atoms with E-state index in [1.165, 1.54) is 0 Å². The molecular formula is C29H19Cl3N2O2. The van der Waals surface area contributed by atoms with Gasteiger partial charge >= 0.3 is 5.97 Å². The lowest BCUT2D eigenvalue weighted by atomic mass is 10.1. The van der Waals surface area contributed by atoms with Gasteiger partial charge in [-0.15, -0.1) is 0 Å². The van der Waals surface area contributed by atoms with Crippen LogP contribution >= 0.6 is 34.8 Å². The number of nitrogens with zero attached hydrogens (tertiary/aromatic N) is 2. The summed E-state index contributed by atoms with van der Waals surface area (Å²) in [7, 11) is 0. The predicted octanol–water partition coefficient (Wildman–Crippen LogP) is 8.40. The van der Waals surface area contributed by atoms with Gasteiger partial charge in [0.15, 0.2) is 0 Å². The summed E-state index contributed by atoms with van der Waals surface area (Å²) < 4.78 is 7.94. The standard InChI is InChI=1S/C29H19Cl3N2O2/c30-20-15-13-19(14-16-20)18-34-26-12-6-5-11-25(26)33-28(34)17-27(21-7-1-3-9-23(21)31)36-29(35)22-8-2-4-10-24(22)32/h1-17H,18H2/b27-17+. The van der Waals surface area contributed by atoms with Crippen LogP contribution in [0.1, 0.15) is 27.3 Å². The fourth-order valence-corrected chi connectivity index (χ4v) is 4.43. The van der Waals surface area contributed by atoms with Gasteiger partial charge in [0.25, 0.3) is 0 Å². The molecule has 0 fully saturated rings. The minimum absolute atomic E-state index is 0.256. The van der Waals surface area contributed by atoms with Crippen molar-refractivity contribution in [2.75, 3.05) is 0 Å². The summed E-state index contributed by atoms with van der Waals surface area (Å²) >= 11 is 18.8. The summed E-state index contributed by atoms with van der Waals surface area (Å²) in [6, 6.07) is 29.4. The Hall–Kier alpha value is -3.57. The molecule has 178 valence electrons. The molecule has 0 bridgehead atoms. The average Bonchev–Trinajstić information content (AvgIpc) is 3.22. The number of fused-ring (bicyclic) bond motifs is 1. The second kappa shape index (κ2) is 10.6. The molecule has 36 heavy (non-hydrogen) atoms. The number of aromatic nitrogens is 2. The quantitative estimate of drug-likeness (QED) is 0.163. The van der Waals surface area contributed by atoms with Crippen molar-refractivity contribution < 1.29 is 9.53 Å². The number of carbonyl (C=O) groups is 1. The predicted molar refractivity (Wildman–Crippen MR) is 146 cm³/mol. The number of hydrogen-bond donors (Lipinski definition) is 0. The molecule has 4 nitrogen and oxygen atoms in total. The molecular weight excluding hydrogens is 515 g/mol. The summed E-state index contributed by atoms with van der Waals surface area (Å²) in [6.07, 6.45) is 1.73. The maximum atomic E-state index is 13.1. The van der Waals surface area contributed by atoms with Gasteiger partial charge in [0.2, 0.25) is 0 Å². The zero-order valence-electron chi connectivity index (χ0n) is 18.9. The van der Waals surface area contributed by atoms with Gasteiger partial charge in [-0.25, -0.2) is 9.78 Å². The Bertz CT molecular complexity index is 1590. The SMILES string of the molecule is O=C(O/C(=C/c1nc2ccccc2n1Cc1ccc(Cl)cc1)c1ccccc1Cl)c1ccccc1Cl. The van der Waals surface area contributed by atoms with Crippen molar-refractivity contribution in [2.24, 2.45) is 0 Å². The second-order valence-corrected chi connectivity index (χ2v) is 9.28. The molecule has 0 unspecified atom stereocenters. The summed E-state index contributed by atoms with van der Waals surface area (Å²) in [4.78, 5) is 17.9. The van der Waals surface area contributed by atoms with Gasteiger partial charge in [0, 0.05) is 23.2 Å². The van der Waals surface area contributed by atoms with Gasteiger partial charge in [-0.3, -0.25) is 0 Å². The molecule has 4 aromatic carbocycles. The van der Waals surface area contributed by atoms with Gasteiger partial charge < -0.3 is 9.30 Å². The summed E-state index contributed by atoms with van der Waals surface area (Å²) in [5, 5.41) is 1.41. The fraction of sp³-hybridized carbons (Fsp3) is 0.0345. The largest absolute Gasteiger partial charge is 0.422 e. The number of carbonyl (C=O) groups excluding carboxylic acids is 1. The minimum Gasteiger partial charge on any atom is -0.422 e. The van der Waals surface area contributed by atoms with Crippen molar-refractivity contribution >= 4 is 63.6 Å². The molecule has 0 aliphatic carbocycles. The van der Waals surface area contributed by atoms with E-state index < -0.39 is 5.97 Å². The van der Waals surface area contributed by atoms with Crippen LogP contribution in [0.15, 0.2) is 97.1 Å². The summed E-state index contributed by atoms with van der Waals surface area (Å²) in [5.74, 6) is 0.276. The number of para-hydroxylation sites is 2. The van der Waals surface area contributed by atoms with Crippen molar-refractivity contribution in [2.45, 2.75) is 6.54 Å². The van der Waals surface area contributed by atoms with E-state index >= 15 is 0 Å². The minimum atomic E-state index is -0.591. The van der Waals surface area contributed by atoms with Crippen LogP contribution in [0.2, 0.25) is 15.1 Å². The Morgan fingerprint density at radius 2 is 1.39 bits per heavy atom. The first-order valence-electron chi connectivity index (χ1n) is 11.1. The number of esters is 1. The van der Waals surface area contributed by atoms with E-state index in [4.69, 9.17) is 44.5 Å². The lowest BCUT2D eigenvalue weighted by Gasteiger charge is -2.13. The van der Waals surface area contributed by atoms with Crippen molar-refractivity contribution in [1.29, 1.82) is 0 Å². The third-order valence-electron chi connectivity index (χ3n) is 5.63. The van der Waals surface area contributed by atoms with Gasteiger partial charge in [0.05, 0.1) is 26.6 Å². The molecule has 0 amide bonds. The highest BCUT2D eigenvalue weighted by molar-refractivity contribution is 6.34. The Morgan fingerprint density at radius 3 is 2.08 bits per heavy atom. The molecule has 1 aromatic heterocycles. The average molecular weight is 534 g/mol. The smallest absolute Gasteiger partial charge is 0.345 e. The van der Waals surface area contributed by atoms with Gasteiger partial charge in [-0.1, -0.05) is 83.3 Å². The van der Waals surface area contributed by atoms with Crippen molar-refractivity contribution in [1.82, 2.24) is 9.55 Å². The first kappa shape index (κ1) is 24.1. The van der Waals surface area contributed by atoms with E-state index in [9.17, 15) is 4.79 Å². The monoisotopic (exact) mass is 532 g/mol. The van der Waals surface area contributed by atoms with Gasteiger partial charge in [0.1, 0.15) is 11.6 Å². The fourth-order valence-electron chi connectivity index (χ4n) is 3.86. The number of ether oxygens (including phenoxy) is 1. The first-order valence-corrected chi connectivity index (χ1v) is 12.3. The molecule has 1 heterocycles. The van der Waals surface area contributed by atoms with E-state index in [0.717, 1.165) is 16.6 Å². The summed E-state index contributed by atoms with van der Waals surface area (Å²) in [5.41, 5.74) is 3.62. The molecule has 0 N–H and O–H groups in total. The molecule has 0 spiro atoms. The van der Waals surface area contributed by atoms with E-state index in [1.54, 1.807) is 42.5 Å². The molecule has 0 saturated carbocycles. The van der Waals surface area contributed by atoms with E-state index in [0.29, 0.717) is 33.0 Å². The van der Waals surface area contributed by atoms with Crippen LogP contribution in [0.3, 0.4) is 0 Å². The number of imidazole rings is 1. The van der Waals surface area contributed by atoms with Gasteiger partial charge in [-0.05, 0) is 54.1 Å². The zero-order valence-corrected chi connectivity index (χ0v) is 21.1. The summed E-state index contributed by atoms with van der Waals surface area (Å²) in [6.45, 7) is 0.539. The van der Waals surface area contributed by atoms with E-state index in [1.807, 2.05) is 60.7 Å². The highest BCUT2D eigenvalue weighted by atomic mass is 35.5. The molecule has 0 aliphatic heterocycles. The lowest BCUT2D eigenvalue weighted by Crippen LogP contribution is -2.07. The van der Waals surface area contributed by atoms with Crippen LogP contribution < -0.4 is 0 Å². The highest BCUT2D eigenvalue weighted by Crippen LogP contribution is 2.30. The Balaban J connectivity index is 1.63. The Morgan fingerprint density at radius 1 is 0.778 bits per heavy atom. The third kappa shape index (κ3) is 5.17. The number of rotatable bonds is 6. The van der Waals surface area contributed by atoms with Gasteiger partial charge in [-0.2, -0.15) is 0 Å². The number of benzene rings is 4. The topological polar surface area (TPSA) is 44.1 Å². The highest BCUT2D eigenvalue weighted by Gasteiger charge is 2.19. The molecule has 7 heteroatoms. The van der Waals surface area contributed by atoms with Crippen LogP contribution in [-0.4, -0.2) is 15.5 Å². The second-order valence-electron chi connectivity index (χ2n) is 8.03. The van der Waals surface area contributed by atoms with Crippen molar-refractivity contribution in [3.05, 3.63) is 135 Å². The molecule has 0 aliphatic rings. The van der Waals surface area contributed by atoms with Crippen LogP contribution in [0.4, 0.5) is 0 Å². The molecule has 5 aromatic rings. The Labute approximate surface area is 223 Å². The normalized spacial score (nSPS) is 11.6. The maximum Gasteiger partial charge on any atom is 0.345 e. The maximum absolute atomic E-state index is 13.1. The molecule has 0 saturated heterocycles. The molecule has 0 radical (unpaired) electrons.